The number of carbonyl (C=O) groups excluding carboxylic acids is 5. The molecule has 2 saturated carbocycles. The molecule has 25 heteroatoms. The van der Waals surface area contributed by atoms with Crippen LogP contribution in [-0.2, 0) is 70.8 Å². The third-order valence-corrected chi connectivity index (χ3v) is 13.9. The van der Waals surface area contributed by atoms with E-state index < -0.39 is 64.6 Å². The van der Waals surface area contributed by atoms with Gasteiger partial charge in [-0.05, 0) is 53.4 Å². The van der Waals surface area contributed by atoms with Gasteiger partial charge >= 0.3 is 109 Å². The summed E-state index contributed by atoms with van der Waals surface area (Å²) in [6.07, 6.45) is -1.94. The topological polar surface area (TPSA) is 184 Å². The van der Waals surface area contributed by atoms with Gasteiger partial charge in [0.2, 0.25) is 11.8 Å². The molecular formula is C56H54Cl3F5K2N6O9. The van der Waals surface area contributed by atoms with Gasteiger partial charge in [0.05, 0.1) is 41.0 Å². The minimum atomic E-state index is -4.50. The Morgan fingerprint density at radius 1 is 0.790 bits per heavy atom. The van der Waals surface area contributed by atoms with Gasteiger partial charge in [0, 0.05) is 51.2 Å². The van der Waals surface area contributed by atoms with Crippen molar-refractivity contribution in [1.82, 2.24) is 19.8 Å². The zero-order chi connectivity index (χ0) is 56.2. The summed E-state index contributed by atoms with van der Waals surface area (Å²) >= 11 is 17.6. The molecule has 3 fully saturated rings. The van der Waals surface area contributed by atoms with E-state index in [1.165, 1.54) is 34.3 Å². The van der Waals surface area contributed by atoms with Crippen LogP contribution in [0, 0.1) is 18.6 Å². The number of rotatable bonds is 16. The number of nitrogens with one attached hydrogen (secondary N) is 1. The third kappa shape index (κ3) is 17.9. The van der Waals surface area contributed by atoms with E-state index in [2.05, 4.69) is 20.2 Å². The Labute approximate surface area is 566 Å². The molecule has 3 heterocycles. The van der Waals surface area contributed by atoms with Crippen LogP contribution in [0.2, 0.25) is 10.0 Å². The second-order valence-corrected chi connectivity index (χ2v) is 19.6. The van der Waals surface area contributed by atoms with Gasteiger partial charge in [-0.25, -0.2) is 18.7 Å². The standard InChI is InChI=1S/C27H26Cl2FN3O3.C27H22ClF4N3O3.CH2O3.CH4.2K.H/c1-18-7-9-19(10-8-18)16-33(24(34)14-28)27(26(35)32-25-23(30)11-21(29)15-31-25)12-22(13-27)36-17-20-5-3-2-4-6-20;28-20-10-22(29)24(33-13-20)34-15-23(36)35(14-17-6-8-19(9-7-17)27(30,31)32)26(25(34)37)11-21(12-26)38-16-18-4-2-1-3-5-18;2-1-4-3;;;;/h2-11,15,22H,12-14,16-17H2,1H3,(H,31,32,35);1-10,13,21H,11-12,14-16H2;1,3H;1H4;;;/q;;;;2*+1;-1/p-1. The van der Waals surface area contributed by atoms with Crippen molar-refractivity contribution < 1.29 is 170 Å². The van der Waals surface area contributed by atoms with Crippen molar-refractivity contribution >= 4 is 76.5 Å². The van der Waals surface area contributed by atoms with Gasteiger partial charge in [0.25, 0.3) is 18.3 Å². The fourth-order valence-corrected chi connectivity index (χ4v) is 9.61. The van der Waals surface area contributed by atoms with E-state index in [0.29, 0.717) is 18.8 Å². The number of piperazine rings is 1. The zero-order valence-corrected chi connectivity index (χ0v) is 52.0. The number of nitrogens with zero attached hydrogens (tertiary/aromatic N) is 5. The number of carbonyl (C=O) groups is 5. The average Bonchev–Trinajstić information content (AvgIpc) is 3.29. The fourth-order valence-electron chi connectivity index (χ4n) is 9.18. The maximum Gasteiger partial charge on any atom is 1.00 e. The number of aromatic nitrogens is 2. The molecule has 15 nitrogen and oxygen atoms in total. The molecular weight excluding hydrogens is 1180 g/mol. The average molecular weight is 1230 g/mol. The predicted octanol–water partition coefficient (Wildman–Crippen LogP) is 4.08. The van der Waals surface area contributed by atoms with Crippen molar-refractivity contribution in [2.75, 3.05) is 22.6 Å². The van der Waals surface area contributed by atoms with E-state index >= 15 is 0 Å². The molecule has 4 aromatic carbocycles. The summed E-state index contributed by atoms with van der Waals surface area (Å²) in [7, 11) is 0. The minimum Gasteiger partial charge on any atom is -1.00 e. The number of alkyl halides is 4. The second kappa shape index (κ2) is 31.9. The van der Waals surface area contributed by atoms with E-state index in [0.717, 1.165) is 51.4 Å². The molecule has 81 heavy (non-hydrogen) atoms. The summed E-state index contributed by atoms with van der Waals surface area (Å²) in [6.45, 7) is 2.08. The molecule has 0 unspecified atom stereocenters. The SMILES string of the molecule is C.Cc1ccc(CN(C(=O)CCl)C2(C(=O)Nc3ncc(Cl)cc3F)CC(OCc3ccccc3)C2)cc1.O=C1CN(c2ncc(Cl)cc2F)C(=O)C2(CC(OCc3ccccc3)C2)N1Cc1ccc(C(F)(F)F)cc1.O=CO[O-].[H-].[K+].[K+]. The molecule has 1 aliphatic heterocycles. The summed E-state index contributed by atoms with van der Waals surface area (Å²) in [5.41, 5.74) is 0.829. The van der Waals surface area contributed by atoms with Crippen LogP contribution in [0.15, 0.2) is 134 Å². The quantitative estimate of drug-likeness (QED) is 0.0368. The van der Waals surface area contributed by atoms with E-state index in [9.17, 15) is 41.1 Å². The molecule has 4 amide bonds. The normalized spacial score (nSPS) is 18.8. The maximum absolute atomic E-state index is 14.7. The van der Waals surface area contributed by atoms with Gasteiger partial charge in [-0.3, -0.25) is 28.9 Å². The van der Waals surface area contributed by atoms with E-state index in [1.54, 1.807) is 0 Å². The molecule has 6 aromatic rings. The molecule has 2 aliphatic carbocycles. The van der Waals surface area contributed by atoms with E-state index in [-0.39, 0.29) is 197 Å². The van der Waals surface area contributed by atoms with Gasteiger partial charge in [0.1, 0.15) is 23.5 Å². The fraction of sp³-hybridized carbons (Fsp3) is 0.304. The van der Waals surface area contributed by atoms with E-state index in [4.69, 9.17) is 54.3 Å². The van der Waals surface area contributed by atoms with Crippen molar-refractivity contribution in [3.8, 4) is 0 Å². The van der Waals surface area contributed by atoms with Crippen LogP contribution in [0.4, 0.5) is 33.6 Å². The molecule has 0 atom stereocenters. The van der Waals surface area contributed by atoms with E-state index in [1.807, 2.05) is 91.9 Å². The van der Waals surface area contributed by atoms with Gasteiger partial charge in [0.15, 0.2) is 23.3 Å². The number of hydrogen-bond acceptors (Lipinski definition) is 11. The molecule has 420 valence electrons. The smallest absolute Gasteiger partial charge is 1.00 e. The largest absolute Gasteiger partial charge is 1.00 e. The van der Waals surface area contributed by atoms with Gasteiger partial charge < -0.3 is 36.2 Å². The summed E-state index contributed by atoms with van der Waals surface area (Å²) < 4.78 is 80.1. The Hall–Kier alpha value is -3.80. The van der Waals surface area contributed by atoms with Gasteiger partial charge in [-0.2, -0.15) is 13.2 Å². The van der Waals surface area contributed by atoms with Crippen molar-refractivity contribution in [3.05, 3.63) is 189 Å². The molecule has 9 rings (SSSR count). The predicted molar refractivity (Wildman–Crippen MR) is 283 cm³/mol. The Morgan fingerprint density at radius 3 is 1.79 bits per heavy atom. The molecule has 2 aromatic heterocycles. The second-order valence-electron chi connectivity index (χ2n) is 18.5. The summed E-state index contributed by atoms with van der Waals surface area (Å²) in [6, 6.07) is 33.3. The first-order chi connectivity index (χ1) is 37.3. The van der Waals surface area contributed by atoms with Crippen molar-refractivity contribution in [3.63, 3.8) is 0 Å². The first-order valence-electron chi connectivity index (χ1n) is 24.0. The first-order valence-corrected chi connectivity index (χ1v) is 25.3. The molecule has 0 radical (unpaired) electrons. The minimum absolute atomic E-state index is 0. The first kappa shape index (κ1) is 69.7. The molecule has 1 spiro atoms. The van der Waals surface area contributed by atoms with Crippen LogP contribution in [-0.4, -0.2) is 85.6 Å². The third-order valence-electron chi connectivity index (χ3n) is 13.2. The molecule has 0 bridgehead atoms. The number of hydrogen-bond donors (Lipinski definition) is 1. The number of benzene rings is 4. The molecule has 1 saturated heterocycles. The van der Waals surface area contributed by atoms with Crippen LogP contribution < -0.4 is 118 Å². The van der Waals surface area contributed by atoms with Crippen LogP contribution in [0.3, 0.4) is 0 Å². The summed E-state index contributed by atoms with van der Waals surface area (Å²) in [5, 5.41) is 11.1. The Kier molecular flexibility index (Phi) is 27.5. The molecule has 1 N–H and O–H groups in total. The number of aryl methyl sites for hydroxylation is 1. The van der Waals surface area contributed by atoms with Crippen molar-refractivity contribution in [2.24, 2.45) is 0 Å². The maximum atomic E-state index is 14.7. The van der Waals surface area contributed by atoms with Crippen LogP contribution in [0.25, 0.3) is 0 Å². The van der Waals surface area contributed by atoms with Crippen molar-refractivity contribution in [2.45, 2.75) is 95.8 Å². The number of ether oxygens (including phenoxy) is 2. The van der Waals surface area contributed by atoms with Crippen LogP contribution in [0.1, 0.15) is 67.9 Å². The summed E-state index contributed by atoms with van der Waals surface area (Å²) in [5.74, 6) is -4.46. The Morgan fingerprint density at radius 2 is 1.30 bits per heavy atom. The van der Waals surface area contributed by atoms with Crippen LogP contribution in [0.5, 0.6) is 0 Å². The summed E-state index contributed by atoms with van der Waals surface area (Å²) in [4.78, 5) is 76.8. The number of halogens is 8. The zero-order valence-electron chi connectivity index (χ0n) is 44.4. The van der Waals surface area contributed by atoms with Crippen molar-refractivity contribution in [1.29, 1.82) is 0 Å². The Balaban J connectivity index is 0.000000387. The number of anilines is 2. The van der Waals surface area contributed by atoms with Gasteiger partial charge in [-0.1, -0.05) is 133 Å². The Bertz CT molecular complexity index is 3070. The molecule has 3 aliphatic rings. The monoisotopic (exact) mass is 1230 g/mol. The van der Waals surface area contributed by atoms with Crippen LogP contribution >= 0.6 is 34.8 Å². The number of pyridine rings is 2. The van der Waals surface area contributed by atoms with Gasteiger partial charge in [-0.15, -0.1) is 11.6 Å². The number of amides is 4.